The van der Waals surface area contributed by atoms with Gasteiger partial charge in [-0.15, -0.1) is 0 Å². The summed E-state index contributed by atoms with van der Waals surface area (Å²) in [7, 11) is 0. The number of aliphatic hydroxyl groups is 1. The lowest BCUT2D eigenvalue weighted by atomic mass is 9.55. The van der Waals surface area contributed by atoms with Crippen LogP contribution in [0.2, 0.25) is 0 Å². The second-order valence-electron chi connectivity index (χ2n) is 8.65. The van der Waals surface area contributed by atoms with Crippen molar-refractivity contribution in [2.24, 2.45) is 22.7 Å². The van der Waals surface area contributed by atoms with Crippen LogP contribution in [0.1, 0.15) is 78.6 Å². The Balaban J connectivity index is 1.87. The van der Waals surface area contributed by atoms with E-state index < -0.39 is 0 Å². The van der Waals surface area contributed by atoms with E-state index >= 15 is 0 Å². The first kappa shape index (κ1) is 17.5. The number of Topliss-reactive ketones (excluding diaryl/α,β-unsaturated/α-hetero) is 1. The minimum atomic E-state index is -0.122. The van der Waals surface area contributed by atoms with Gasteiger partial charge >= 0.3 is 0 Å². The van der Waals surface area contributed by atoms with E-state index in [1.807, 2.05) is 0 Å². The quantitative estimate of drug-likeness (QED) is 0.765. The molecule has 130 valence electrons. The van der Waals surface area contributed by atoms with Crippen molar-refractivity contribution in [1.82, 2.24) is 0 Å². The molecule has 0 aromatic heterocycles. The molecule has 0 saturated heterocycles. The van der Waals surface area contributed by atoms with Gasteiger partial charge in [-0.3, -0.25) is 4.79 Å². The van der Waals surface area contributed by atoms with Gasteiger partial charge in [0.1, 0.15) is 0 Å². The number of hydrogen-bond acceptors (Lipinski definition) is 2. The van der Waals surface area contributed by atoms with Crippen molar-refractivity contribution in [2.45, 2.75) is 84.7 Å². The molecule has 2 fully saturated rings. The van der Waals surface area contributed by atoms with E-state index in [9.17, 15) is 9.90 Å². The summed E-state index contributed by atoms with van der Waals surface area (Å²) in [5, 5.41) is 10.9. The maximum Gasteiger partial charge on any atom is 0.174 e. The van der Waals surface area contributed by atoms with Gasteiger partial charge in [0.15, 0.2) is 5.78 Å². The van der Waals surface area contributed by atoms with Crippen molar-refractivity contribution >= 4 is 17.4 Å². The van der Waals surface area contributed by atoms with E-state index in [2.05, 4.69) is 20.8 Å². The summed E-state index contributed by atoms with van der Waals surface area (Å²) in [4.78, 5) is 12.1. The summed E-state index contributed by atoms with van der Waals surface area (Å²) in [5.74, 6) is 1.38. The molecule has 3 rings (SSSR count). The van der Waals surface area contributed by atoms with Crippen LogP contribution in [0, 0.1) is 22.7 Å². The van der Waals surface area contributed by atoms with Crippen LogP contribution in [-0.2, 0) is 4.79 Å². The molecule has 0 heterocycles. The summed E-state index contributed by atoms with van der Waals surface area (Å²) in [6, 6.07) is 0. The molecule has 5 atom stereocenters. The van der Waals surface area contributed by atoms with Crippen molar-refractivity contribution < 1.29 is 9.90 Å². The van der Waals surface area contributed by atoms with Crippen molar-refractivity contribution in [3.05, 3.63) is 10.6 Å². The molecule has 3 aliphatic rings. The average Bonchev–Trinajstić information content (AvgIpc) is 2.83. The van der Waals surface area contributed by atoms with Gasteiger partial charge in [0, 0.05) is 6.42 Å². The van der Waals surface area contributed by atoms with Gasteiger partial charge in [-0.1, -0.05) is 38.8 Å². The number of fused-ring (bicyclic) bond motifs is 1. The Morgan fingerprint density at radius 1 is 1.17 bits per heavy atom. The van der Waals surface area contributed by atoms with Gasteiger partial charge in [0.05, 0.1) is 11.1 Å². The van der Waals surface area contributed by atoms with Crippen LogP contribution in [0.5, 0.6) is 0 Å². The third-order valence-electron chi connectivity index (χ3n) is 7.55. The van der Waals surface area contributed by atoms with Crippen molar-refractivity contribution in [3.63, 3.8) is 0 Å². The molecule has 0 spiro atoms. The summed E-state index contributed by atoms with van der Waals surface area (Å²) < 4.78 is 0. The molecule has 3 aliphatic carbocycles. The number of halogens is 1. The largest absolute Gasteiger partial charge is 0.393 e. The zero-order valence-corrected chi connectivity index (χ0v) is 15.6. The molecule has 23 heavy (non-hydrogen) atoms. The molecule has 3 heteroatoms. The first-order valence-electron chi connectivity index (χ1n) is 9.43. The first-order chi connectivity index (χ1) is 10.8. The van der Waals surface area contributed by atoms with E-state index in [0.29, 0.717) is 23.3 Å². The highest BCUT2D eigenvalue weighted by Gasteiger charge is 2.53. The minimum absolute atomic E-state index is 0.0792. The molecule has 0 aromatic rings. The smallest absolute Gasteiger partial charge is 0.174 e. The van der Waals surface area contributed by atoms with Crippen LogP contribution in [0.15, 0.2) is 10.6 Å². The van der Waals surface area contributed by atoms with E-state index in [4.69, 9.17) is 11.6 Å². The maximum absolute atomic E-state index is 12.1. The molecular formula is C20H31ClO2. The van der Waals surface area contributed by atoms with Gasteiger partial charge in [0.2, 0.25) is 0 Å². The Labute approximate surface area is 145 Å². The van der Waals surface area contributed by atoms with Gasteiger partial charge < -0.3 is 5.11 Å². The fraction of sp³-hybridized carbons (Fsp3) is 0.850. The highest BCUT2D eigenvalue weighted by Crippen LogP contribution is 2.60. The monoisotopic (exact) mass is 338 g/mol. The van der Waals surface area contributed by atoms with E-state index in [1.54, 1.807) is 0 Å². The molecule has 2 saturated carbocycles. The zero-order chi connectivity index (χ0) is 16.8. The fourth-order valence-electron chi connectivity index (χ4n) is 5.72. The standard InChI is InChI=1S/C20H31ClO2/c1-4-5-15-18(21)16(22)9-11-19(15,2)14-8-10-20(3)13(12-14)6-7-17(20)23/h13-14,17,23H,4-12H2,1-3H3/t13?,14?,17-,19+,20-/m0/s1. The summed E-state index contributed by atoms with van der Waals surface area (Å²) in [6.07, 6.45) is 9.00. The van der Waals surface area contributed by atoms with Crippen molar-refractivity contribution in [2.75, 3.05) is 0 Å². The predicted molar refractivity (Wildman–Crippen MR) is 94.3 cm³/mol. The van der Waals surface area contributed by atoms with E-state index in [1.165, 1.54) is 12.0 Å². The number of carbonyl (C=O) groups excluding carboxylic acids is 1. The number of aliphatic hydroxyl groups excluding tert-OH is 1. The second kappa shape index (κ2) is 6.19. The van der Waals surface area contributed by atoms with Crippen LogP contribution in [-0.4, -0.2) is 17.0 Å². The van der Waals surface area contributed by atoms with E-state index in [-0.39, 0.29) is 22.7 Å². The Bertz CT molecular complexity index is 526. The molecule has 0 aliphatic heterocycles. The number of carbonyl (C=O) groups is 1. The molecule has 0 radical (unpaired) electrons. The minimum Gasteiger partial charge on any atom is -0.393 e. The van der Waals surface area contributed by atoms with E-state index in [0.717, 1.165) is 44.9 Å². The Hall–Kier alpha value is -0.340. The normalized spacial score (nSPS) is 44.6. The summed E-state index contributed by atoms with van der Waals surface area (Å²) in [5.41, 5.74) is 1.43. The molecular weight excluding hydrogens is 308 g/mol. The lowest BCUT2D eigenvalue weighted by Crippen LogP contribution is -2.43. The fourth-order valence-corrected chi connectivity index (χ4v) is 6.13. The first-order valence-corrected chi connectivity index (χ1v) is 9.81. The van der Waals surface area contributed by atoms with Gasteiger partial charge in [-0.2, -0.15) is 0 Å². The molecule has 0 bridgehead atoms. The number of allylic oxidation sites excluding steroid dienone is 2. The Morgan fingerprint density at radius 2 is 1.91 bits per heavy atom. The van der Waals surface area contributed by atoms with Gasteiger partial charge in [-0.05, 0) is 73.2 Å². The zero-order valence-electron chi connectivity index (χ0n) is 14.8. The lowest BCUT2D eigenvalue weighted by molar-refractivity contribution is -0.116. The summed E-state index contributed by atoms with van der Waals surface area (Å²) >= 11 is 6.47. The van der Waals surface area contributed by atoms with Gasteiger partial charge in [0.25, 0.3) is 0 Å². The molecule has 1 N–H and O–H groups in total. The third kappa shape index (κ3) is 2.70. The van der Waals surface area contributed by atoms with Crippen LogP contribution >= 0.6 is 11.6 Å². The molecule has 2 nitrogen and oxygen atoms in total. The summed E-state index contributed by atoms with van der Waals surface area (Å²) in [6.45, 7) is 6.81. The van der Waals surface area contributed by atoms with Crippen LogP contribution in [0.25, 0.3) is 0 Å². The van der Waals surface area contributed by atoms with Gasteiger partial charge in [-0.25, -0.2) is 0 Å². The Kier molecular flexibility index (Phi) is 4.70. The van der Waals surface area contributed by atoms with Crippen LogP contribution in [0.3, 0.4) is 0 Å². The molecule has 0 aromatic carbocycles. The lowest BCUT2D eigenvalue weighted by Gasteiger charge is -2.50. The third-order valence-corrected chi connectivity index (χ3v) is 7.99. The van der Waals surface area contributed by atoms with Crippen molar-refractivity contribution in [3.8, 4) is 0 Å². The number of ketones is 1. The SMILES string of the molecule is CCCC1=C(Cl)C(=O)CC[C@]1(C)C1CC[C@@]2(C)C(CC[C@@H]2O)C1. The average molecular weight is 339 g/mol. The number of hydrogen-bond donors (Lipinski definition) is 1. The predicted octanol–water partition coefficient (Wildman–Crippen LogP) is 5.23. The molecule has 0 amide bonds. The Morgan fingerprint density at radius 3 is 2.61 bits per heavy atom. The highest BCUT2D eigenvalue weighted by molar-refractivity contribution is 6.43. The topological polar surface area (TPSA) is 37.3 Å². The van der Waals surface area contributed by atoms with Crippen LogP contribution < -0.4 is 0 Å². The maximum atomic E-state index is 12.1. The van der Waals surface area contributed by atoms with Crippen LogP contribution in [0.4, 0.5) is 0 Å². The highest BCUT2D eigenvalue weighted by atomic mass is 35.5. The van der Waals surface area contributed by atoms with Crippen molar-refractivity contribution in [1.29, 1.82) is 0 Å². The number of rotatable bonds is 3. The molecule has 2 unspecified atom stereocenters. The second-order valence-corrected chi connectivity index (χ2v) is 9.03.